The Bertz CT molecular complexity index is 527. The van der Waals surface area contributed by atoms with E-state index in [1.54, 1.807) is 6.92 Å². The fourth-order valence-corrected chi connectivity index (χ4v) is 3.67. The Hall–Kier alpha value is -0.440. The van der Waals surface area contributed by atoms with Crippen LogP contribution in [-0.2, 0) is 26.1 Å². The van der Waals surface area contributed by atoms with Gasteiger partial charge in [-0.2, -0.15) is 0 Å². The average Bonchev–Trinajstić information content (AvgIpc) is 2.73. The number of rotatable bonds is 7. The quantitative estimate of drug-likeness (QED) is 0.691. The first kappa shape index (κ1) is 16.6. The summed E-state index contributed by atoms with van der Waals surface area (Å²) in [6, 6.07) is 1.88. The molecule has 1 heterocycles. The molecule has 0 saturated heterocycles. The second kappa shape index (κ2) is 7.37. The molecule has 19 heavy (non-hydrogen) atoms. The van der Waals surface area contributed by atoms with Crippen molar-refractivity contribution in [3.05, 3.63) is 20.8 Å². The molecule has 0 unspecified atom stereocenters. The van der Waals surface area contributed by atoms with E-state index in [2.05, 4.69) is 15.9 Å². The lowest BCUT2D eigenvalue weighted by molar-refractivity contribution is -0.142. The third-order valence-electron chi connectivity index (χ3n) is 2.37. The Morgan fingerprint density at radius 1 is 1.53 bits per heavy atom. The van der Waals surface area contributed by atoms with Gasteiger partial charge in [0.05, 0.1) is 22.6 Å². The number of carbonyl (C=O) groups excluding carboxylic acids is 1. The van der Waals surface area contributed by atoms with Crippen molar-refractivity contribution < 1.29 is 17.9 Å². The highest BCUT2D eigenvalue weighted by Crippen LogP contribution is 2.22. The van der Waals surface area contributed by atoms with Crippen molar-refractivity contribution >= 4 is 43.3 Å². The highest BCUT2D eigenvalue weighted by molar-refractivity contribution is 9.11. The molecule has 1 aromatic rings. The molecule has 0 spiro atoms. The normalized spacial score (nSPS) is 11.8. The fourth-order valence-electron chi connectivity index (χ4n) is 1.39. The molecule has 1 rings (SSSR count). The predicted octanol–water partition coefficient (Wildman–Crippen LogP) is 2.23. The first-order chi connectivity index (χ1) is 8.85. The Morgan fingerprint density at radius 3 is 2.74 bits per heavy atom. The molecule has 0 aliphatic heterocycles. The van der Waals surface area contributed by atoms with Crippen LogP contribution in [0.3, 0.4) is 0 Å². The molecular formula is C11H16BrNO4S2. The fraction of sp³-hybridized carbons (Fsp3) is 0.545. The molecule has 8 heteroatoms. The van der Waals surface area contributed by atoms with Gasteiger partial charge in [-0.05, 0) is 39.9 Å². The first-order valence-corrected chi connectivity index (χ1v) is 8.96. The van der Waals surface area contributed by atoms with Crippen LogP contribution in [0, 0.1) is 0 Å². The molecular weight excluding hydrogens is 354 g/mol. The van der Waals surface area contributed by atoms with Gasteiger partial charge in [-0.1, -0.05) is 0 Å². The largest absolute Gasteiger partial charge is 0.466 e. The molecule has 0 amide bonds. The first-order valence-electron chi connectivity index (χ1n) is 5.67. The van der Waals surface area contributed by atoms with Crippen molar-refractivity contribution in [3.8, 4) is 0 Å². The average molecular weight is 370 g/mol. The lowest BCUT2D eigenvalue weighted by Gasteiger charge is -2.16. The molecule has 0 aliphatic rings. The monoisotopic (exact) mass is 369 g/mol. The number of sulfonamides is 1. The molecule has 0 bridgehead atoms. The molecule has 0 saturated carbocycles. The molecule has 1 aromatic heterocycles. The molecule has 0 aromatic carbocycles. The van der Waals surface area contributed by atoms with Gasteiger partial charge in [0.1, 0.15) is 0 Å². The van der Waals surface area contributed by atoms with Gasteiger partial charge >= 0.3 is 5.97 Å². The van der Waals surface area contributed by atoms with E-state index in [0.29, 0.717) is 6.54 Å². The van der Waals surface area contributed by atoms with Crippen molar-refractivity contribution in [1.29, 1.82) is 0 Å². The lowest BCUT2D eigenvalue weighted by atomic mass is 10.3. The summed E-state index contributed by atoms with van der Waals surface area (Å²) in [5.74, 6) is -0.717. The SMILES string of the molecule is CCOC(=O)CCS(=O)(=O)N(C)Cc1csc(Br)c1. The maximum absolute atomic E-state index is 12.0. The van der Waals surface area contributed by atoms with Crippen molar-refractivity contribution in [2.24, 2.45) is 0 Å². The van der Waals surface area contributed by atoms with E-state index in [4.69, 9.17) is 4.74 Å². The molecule has 0 radical (unpaired) electrons. The number of hydrogen-bond donors (Lipinski definition) is 0. The van der Waals surface area contributed by atoms with Crippen LogP contribution in [0.15, 0.2) is 15.2 Å². The van der Waals surface area contributed by atoms with Crippen LogP contribution in [0.1, 0.15) is 18.9 Å². The summed E-state index contributed by atoms with van der Waals surface area (Å²) in [6.07, 6.45) is -0.117. The maximum Gasteiger partial charge on any atom is 0.306 e. The lowest BCUT2D eigenvalue weighted by Crippen LogP contribution is -2.29. The number of halogens is 1. The summed E-state index contributed by atoms with van der Waals surface area (Å²) in [6.45, 7) is 2.25. The molecule has 0 atom stereocenters. The van der Waals surface area contributed by atoms with Crippen LogP contribution < -0.4 is 0 Å². The number of thiophene rings is 1. The van der Waals surface area contributed by atoms with E-state index in [0.717, 1.165) is 9.35 Å². The molecule has 0 N–H and O–H groups in total. The molecule has 5 nitrogen and oxygen atoms in total. The molecule has 0 aliphatic carbocycles. The van der Waals surface area contributed by atoms with E-state index in [-0.39, 0.29) is 18.8 Å². The predicted molar refractivity (Wildman–Crippen MR) is 78.5 cm³/mol. The zero-order chi connectivity index (χ0) is 14.5. The third kappa shape index (κ3) is 5.60. The Labute approximate surface area is 125 Å². The molecule has 0 fully saturated rings. The van der Waals surface area contributed by atoms with Gasteiger partial charge in [-0.15, -0.1) is 11.3 Å². The van der Waals surface area contributed by atoms with Crippen LogP contribution in [0.25, 0.3) is 0 Å². The zero-order valence-electron chi connectivity index (χ0n) is 10.8. The van der Waals surface area contributed by atoms with E-state index in [1.165, 1.54) is 22.7 Å². The Morgan fingerprint density at radius 2 is 2.21 bits per heavy atom. The number of carbonyl (C=O) groups is 1. The van der Waals surface area contributed by atoms with E-state index in [1.807, 2.05) is 11.4 Å². The third-order valence-corrected chi connectivity index (χ3v) is 5.72. The van der Waals surface area contributed by atoms with Gasteiger partial charge in [0.25, 0.3) is 0 Å². The summed E-state index contributed by atoms with van der Waals surface area (Å²) in [5.41, 5.74) is 0.916. The summed E-state index contributed by atoms with van der Waals surface area (Å²) >= 11 is 4.83. The van der Waals surface area contributed by atoms with Crippen molar-refractivity contribution in [2.75, 3.05) is 19.4 Å². The topological polar surface area (TPSA) is 63.7 Å². The van der Waals surface area contributed by atoms with Gasteiger partial charge in [0.2, 0.25) is 10.0 Å². The summed E-state index contributed by atoms with van der Waals surface area (Å²) in [5, 5.41) is 1.89. The van der Waals surface area contributed by atoms with E-state index < -0.39 is 16.0 Å². The summed E-state index contributed by atoms with van der Waals surface area (Å²) < 4.78 is 30.8. The minimum absolute atomic E-state index is 0.117. The minimum Gasteiger partial charge on any atom is -0.466 e. The van der Waals surface area contributed by atoms with Gasteiger partial charge in [0, 0.05) is 13.6 Å². The van der Waals surface area contributed by atoms with Gasteiger partial charge in [-0.3, -0.25) is 4.79 Å². The van der Waals surface area contributed by atoms with Gasteiger partial charge < -0.3 is 4.74 Å². The number of esters is 1. The van der Waals surface area contributed by atoms with Gasteiger partial charge in [-0.25, -0.2) is 12.7 Å². The minimum atomic E-state index is -3.44. The van der Waals surface area contributed by atoms with Gasteiger partial charge in [0.15, 0.2) is 0 Å². The summed E-state index contributed by atoms with van der Waals surface area (Å²) in [4.78, 5) is 11.2. The van der Waals surface area contributed by atoms with Crippen molar-refractivity contribution in [2.45, 2.75) is 19.9 Å². The highest BCUT2D eigenvalue weighted by Gasteiger charge is 2.20. The van der Waals surface area contributed by atoms with Crippen molar-refractivity contribution in [1.82, 2.24) is 4.31 Å². The van der Waals surface area contributed by atoms with Crippen LogP contribution in [0.5, 0.6) is 0 Å². The van der Waals surface area contributed by atoms with Crippen molar-refractivity contribution in [3.63, 3.8) is 0 Å². The second-order valence-electron chi connectivity index (χ2n) is 3.89. The second-order valence-corrected chi connectivity index (χ2v) is 8.37. The zero-order valence-corrected chi connectivity index (χ0v) is 14.0. The molecule has 108 valence electrons. The van der Waals surface area contributed by atoms with Crippen LogP contribution in [-0.4, -0.2) is 38.1 Å². The number of nitrogens with zero attached hydrogens (tertiary/aromatic N) is 1. The number of hydrogen-bond acceptors (Lipinski definition) is 5. The smallest absolute Gasteiger partial charge is 0.306 e. The van der Waals surface area contributed by atoms with E-state index in [9.17, 15) is 13.2 Å². The number of ether oxygens (including phenoxy) is 1. The van der Waals surface area contributed by atoms with Crippen LogP contribution >= 0.6 is 27.3 Å². The maximum atomic E-state index is 12.0. The Kier molecular flexibility index (Phi) is 6.45. The van der Waals surface area contributed by atoms with Crippen LogP contribution in [0.4, 0.5) is 0 Å². The highest BCUT2D eigenvalue weighted by atomic mass is 79.9. The van der Waals surface area contributed by atoms with Crippen LogP contribution in [0.2, 0.25) is 0 Å². The summed E-state index contributed by atoms with van der Waals surface area (Å²) in [7, 11) is -1.93. The van der Waals surface area contributed by atoms with E-state index >= 15 is 0 Å². The standard InChI is InChI=1S/C11H16BrNO4S2/c1-3-17-11(14)4-5-19(15,16)13(2)7-9-6-10(12)18-8-9/h6,8H,3-5,7H2,1-2H3. The Balaban J connectivity index is 2.54.